The highest BCUT2D eigenvalue weighted by Crippen LogP contribution is 2.29. The summed E-state index contributed by atoms with van der Waals surface area (Å²) in [5.41, 5.74) is 1.35. The van der Waals surface area contributed by atoms with Gasteiger partial charge in [0.05, 0.1) is 22.8 Å². The average molecular weight is 490 g/mol. The molecule has 6 nitrogen and oxygen atoms in total. The van der Waals surface area contributed by atoms with E-state index in [1.807, 2.05) is 37.3 Å². The molecule has 1 N–H and O–H groups in total. The molecule has 1 saturated heterocycles. The van der Waals surface area contributed by atoms with Crippen LogP contribution in [0.5, 0.6) is 11.5 Å². The van der Waals surface area contributed by atoms with Gasteiger partial charge in [-0.1, -0.05) is 41.4 Å². The van der Waals surface area contributed by atoms with Crippen molar-refractivity contribution in [3.05, 3.63) is 76.0 Å². The molecule has 0 bridgehead atoms. The molecule has 1 aliphatic rings. The summed E-state index contributed by atoms with van der Waals surface area (Å²) in [6.07, 6.45) is 5.01. The summed E-state index contributed by atoms with van der Waals surface area (Å²) < 4.78 is 13.5. The van der Waals surface area contributed by atoms with E-state index >= 15 is 0 Å². The van der Waals surface area contributed by atoms with Crippen molar-refractivity contribution in [3.63, 3.8) is 0 Å². The minimum absolute atomic E-state index is 0.223. The van der Waals surface area contributed by atoms with Crippen molar-refractivity contribution in [2.75, 3.05) is 26.3 Å². The average Bonchev–Trinajstić information content (AvgIpc) is 3.21. The summed E-state index contributed by atoms with van der Waals surface area (Å²) in [7, 11) is 0. The molecule has 8 heteroatoms. The number of hydrogen-bond donors (Lipinski definition) is 1. The Bertz CT molecular complexity index is 1060. The van der Waals surface area contributed by atoms with Crippen molar-refractivity contribution in [1.82, 2.24) is 14.7 Å². The minimum atomic E-state index is -0.899. The van der Waals surface area contributed by atoms with Crippen LogP contribution in [0.25, 0.3) is 0 Å². The predicted molar refractivity (Wildman–Crippen MR) is 130 cm³/mol. The second-order valence-electron chi connectivity index (χ2n) is 8.68. The summed E-state index contributed by atoms with van der Waals surface area (Å²) in [5.74, 6) is 1.43. The molecule has 1 aromatic heterocycles. The zero-order chi connectivity index (χ0) is 23.3. The third kappa shape index (κ3) is 6.87. The van der Waals surface area contributed by atoms with Crippen molar-refractivity contribution in [2.24, 2.45) is 0 Å². The molecule has 1 fully saturated rings. The van der Waals surface area contributed by atoms with Crippen LogP contribution in [0.1, 0.15) is 24.0 Å². The lowest BCUT2D eigenvalue weighted by Crippen LogP contribution is -2.51. The lowest BCUT2D eigenvalue weighted by molar-refractivity contribution is -0.0620. The summed E-state index contributed by atoms with van der Waals surface area (Å²) >= 11 is 12.1. The Hall–Kier alpha value is -2.25. The van der Waals surface area contributed by atoms with Crippen LogP contribution in [0.2, 0.25) is 10.0 Å². The molecule has 0 amide bonds. The molecular formula is C25H29Cl2N3O3. The summed E-state index contributed by atoms with van der Waals surface area (Å²) in [6.45, 7) is 5.63. The van der Waals surface area contributed by atoms with Gasteiger partial charge in [0.2, 0.25) is 0 Å². The number of piperidine rings is 1. The van der Waals surface area contributed by atoms with E-state index in [2.05, 4.69) is 22.1 Å². The fraction of sp³-hybridized carbons (Fsp3) is 0.400. The van der Waals surface area contributed by atoms with Gasteiger partial charge in [0.1, 0.15) is 30.3 Å². The number of hydrogen-bond acceptors (Lipinski definition) is 5. The molecule has 1 aliphatic heterocycles. The lowest BCUT2D eigenvalue weighted by Gasteiger charge is -2.39. The molecule has 2 aromatic carbocycles. The first kappa shape index (κ1) is 23.9. The number of likely N-dealkylation sites (tertiary alicyclic amines) is 1. The van der Waals surface area contributed by atoms with Crippen LogP contribution in [0.3, 0.4) is 0 Å². The van der Waals surface area contributed by atoms with Gasteiger partial charge in [0.25, 0.3) is 0 Å². The van der Waals surface area contributed by atoms with E-state index in [4.69, 9.17) is 32.7 Å². The number of β-amino-alcohol motifs (C(OH)–C–C–N with tert-alkyl or cyclic N) is 1. The Morgan fingerprint density at radius 1 is 1.12 bits per heavy atom. The van der Waals surface area contributed by atoms with E-state index in [0.29, 0.717) is 41.9 Å². The summed E-state index contributed by atoms with van der Waals surface area (Å²) in [5, 5.41) is 16.5. The number of ether oxygens (including phenoxy) is 2. The van der Waals surface area contributed by atoms with E-state index in [9.17, 15) is 5.11 Å². The van der Waals surface area contributed by atoms with Crippen molar-refractivity contribution in [3.8, 4) is 11.5 Å². The zero-order valence-electron chi connectivity index (χ0n) is 18.7. The Balaban J connectivity index is 1.26. The van der Waals surface area contributed by atoms with Crippen molar-refractivity contribution >= 4 is 23.2 Å². The Morgan fingerprint density at radius 2 is 1.94 bits per heavy atom. The summed E-state index contributed by atoms with van der Waals surface area (Å²) in [6, 6.07) is 13.8. The third-order valence-corrected chi connectivity index (χ3v) is 6.25. The number of aliphatic hydroxyl groups is 1. The fourth-order valence-electron chi connectivity index (χ4n) is 4.06. The number of rotatable bonds is 9. The molecule has 0 saturated carbocycles. The van der Waals surface area contributed by atoms with E-state index in [-0.39, 0.29) is 6.61 Å². The van der Waals surface area contributed by atoms with Gasteiger partial charge in [0.15, 0.2) is 0 Å². The van der Waals surface area contributed by atoms with Gasteiger partial charge in [-0.3, -0.25) is 9.58 Å². The van der Waals surface area contributed by atoms with Gasteiger partial charge >= 0.3 is 0 Å². The van der Waals surface area contributed by atoms with Crippen LogP contribution in [-0.4, -0.2) is 51.7 Å². The number of halogens is 2. The monoisotopic (exact) mass is 489 g/mol. The van der Waals surface area contributed by atoms with Gasteiger partial charge in [0, 0.05) is 19.3 Å². The van der Waals surface area contributed by atoms with Crippen LogP contribution < -0.4 is 9.47 Å². The largest absolute Gasteiger partial charge is 0.492 e. The van der Waals surface area contributed by atoms with Gasteiger partial charge in [-0.25, -0.2) is 0 Å². The quantitative estimate of drug-likeness (QED) is 0.459. The van der Waals surface area contributed by atoms with E-state index in [0.717, 1.165) is 30.8 Å². The number of aromatic nitrogens is 2. The molecule has 4 rings (SSSR count). The normalized spacial score (nSPS) is 18.9. The molecule has 1 unspecified atom stereocenters. The number of aryl methyl sites for hydroxylation is 1. The number of nitrogens with zero attached hydrogens (tertiary/aromatic N) is 3. The van der Waals surface area contributed by atoms with E-state index in [1.165, 1.54) is 5.56 Å². The first-order valence-corrected chi connectivity index (χ1v) is 11.9. The van der Waals surface area contributed by atoms with Crippen LogP contribution in [0, 0.1) is 6.92 Å². The third-order valence-electron chi connectivity index (χ3n) is 5.74. The van der Waals surface area contributed by atoms with Crippen molar-refractivity contribution in [2.45, 2.75) is 38.5 Å². The molecule has 0 aliphatic carbocycles. The van der Waals surface area contributed by atoms with Crippen LogP contribution in [-0.2, 0) is 13.1 Å². The van der Waals surface area contributed by atoms with Crippen molar-refractivity contribution in [1.29, 1.82) is 0 Å². The van der Waals surface area contributed by atoms with Crippen LogP contribution in [0.4, 0.5) is 0 Å². The Morgan fingerprint density at radius 3 is 2.70 bits per heavy atom. The standard InChI is InChI=1S/C25H29Cl2N3O3/c1-19-3-8-23(27)24(13-19)33-18-25(31)9-2-10-29(17-25)15-20-4-6-22(7-5-20)32-12-11-30-16-21(26)14-28-30/h3-8,13-14,16,31H,2,9-12,15,17-18H2,1H3. The predicted octanol–water partition coefficient (Wildman–Crippen LogP) is 4.98. The molecule has 33 heavy (non-hydrogen) atoms. The molecule has 1 atom stereocenters. The first-order valence-electron chi connectivity index (χ1n) is 11.1. The maximum Gasteiger partial charge on any atom is 0.138 e. The topological polar surface area (TPSA) is 59.8 Å². The molecule has 0 spiro atoms. The van der Waals surface area contributed by atoms with Crippen LogP contribution in [0.15, 0.2) is 54.9 Å². The molecule has 2 heterocycles. The number of benzene rings is 2. The highest BCUT2D eigenvalue weighted by atomic mass is 35.5. The minimum Gasteiger partial charge on any atom is -0.492 e. The SMILES string of the molecule is Cc1ccc(Cl)c(OCC2(O)CCCN(Cc3ccc(OCCn4cc(Cl)cn4)cc3)C2)c1. The second-order valence-corrected chi connectivity index (χ2v) is 9.52. The molecular weight excluding hydrogens is 461 g/mol. The van der Waals surface area contributed by atoms with E-state index < -0.39 is 5.60 Å². The van der Waals surface area contributed by atoms with Gasteiger partial charge < -0.3 is 14.6 Å². The van der Waals surface area contributed by atoms with Crippen LogP contribution >= 0.6 is 23.2 Å². The Labute approximate surface area is 204 Å². The lowest BCUT2D eigenvalue weighted by atomic mass is 9.93. The highest BCUT2D eigenvalue weighted by molar-refractivity contribution is 6.32. The van der Waals surface area contributed by atoms with Crippen molar-refractivity contribution < 1.29 is 14.6 Å². The summed E-state index contributed by atoms with van der Waals surface area (Å²) in [4.78, 5) is 2.27. The van der Waals surface area contributed by atoms with Gasteiger partial charge in [-0.15, -0.1) is 0 Å². The zero-order valence-corrected chi connectivity index (χ0v) is 20.2. The maximum absolute atomic E-state index is 11.1. The Kier molecular flexibility index (Phi) is 7.81. The maximum atomic E-state index is 11.1. The molecule has 3 aromatic rings. The molecule has 176 valence electrons. The smallest absolute Gasteiger partial charge is 0.138 e. The molecule has 0 radical (unpaired) electrons. The van der Waals surface area contributed by atoms with E-state index in [1.54, 1.807) is 17.1 Å². The fourth-order valence-corrected chi connectivity index (χ4v) is 4.39. The first-order chi connectivity index (χ1) is 15.9. The van der Waals surface area contributed by atoms with Gasteiger partial charge in [-0.2, -0.15) is 5.10 Å². The van der Waals surface area contributed by atoms with Gasteiger partial charge in [-0.05, 0) is 61.7 Å². The second kappa shape index (κ2) is 10.8. The highest BCUT2D eigenvalue weighted by Gasteiger charge is 2.34.